The molecular weight excluding hydrogens is 316 g/mol. The molecule has 1 amide bonds. The van der Waals surface area contributed by atoms with E-state index in [1.165, 1.54) is 20.7 Å². The Morgan fingerprint density at radius 2 is 2.08 bits per heavy atom. The Balaban J connectivity index is 1.44. The van der Waals surface area contributed by atoms with Crippen molar-refractivity contribution >= 4 is 28.1 Å². The lowest BCUT2D eigenvalue weighted by Gasteiger charge is -2.12. The minimum Gasteiger partial charge on any atom is -0.361 e. The van der Waals surface area contributed by atoms with E-state index in [9.17, 15) is 4.79 Å². The van der Waals surface area contributed by atoms with Crippen LogP contribution in [0.1, 0.15) is 35.1 Å². The van der Waals surface area contributed by atoms with Crippen molar-refractivity contribution in [3.05, 3.63) is 57.9 Å². The van der Waals surface area contributed by atoms with Crippen LogP contribution in [0.5, 0.6) is 0 Å². The zero-order valence-corrected chi connectivity index (χ0v) is 15.1. The molecule has 1 aromatic carbocycles. The monoisotopic (exact) mass is 340 g/mol. The van der Waals surface area contributed by atoms with Gasteiger partial charge in [-0.3, -0.25) is 4.79 Å². The molecule has 0 bridgehead atoms. The number of aryl methyl sites for hydroxylation is 2. The average Bonchev–Trinajstić information content (AvgIpc) is 3.14. The van der Waals surface area contributed by atoms with E-state index in [4.69, 9.17) is 0 Å². The third kappa shape index (κ3) is 4.26. The van der Waals surface area contributed by atoms with Gasteiger partial charge in [-0.25, -0.2) is 0 Å². The smallest absolute Gasteiger partial charge is 0.220 e. The molecular formula is C20H24N2OS. The van der Waals surface area contributed by atoms with Gasteiger partial charge in [0.2, 0.25) is 5.91 Å². The molecule has 126 valence electrons. The van der Waals surface area contributed by atoms with Crippen molar-refractivity contribution in [1.82, 2.24) is 10.3 Å². The second kappa shape index (κ2) is 7.67. The van der Waals surface area contributed by atoms with Crippen molar-refractivity contribution in [2.24, 2.45) is 0 Å². The molecule has 2 N–H and O–H groups in total. The first kappa shape index (κ1) is 16.8. The molecule has 0 saturated heterocycles. The van der Waals surface area contributed by atoms with Crippen molar-refractivity contribution < 1.29 is 4.79 Å². The molecule has 2 heterocycles. The summed E-state index contributed by atoms with van der Waals surface area (Å²) in [5, 5.41) is 4.38. The molecule has 0 spiro atoms. The second-order valence-electron chi connectivity index (χ2n) is 6.40. The van der Waals surface area contributed by atoms with E-state index in [2.05, 4.69) is 60.7 Å². The van der Waals surface area contributed by atoms with Gasteiger partial charge in [-0.15, -0.1) is 11.3 Å². The molecule has 0 saturated carbocycles. The van der Waals surface area contributed by atoms with Crippen LogP contribution in [-0.2, 0) is 17.6 Å². The highest BCUT2D eigenvalue weighted by atomic mass is 32.1. The summed E-state index contributed by atoms with van der Waals surface area (Å²) < 4.78 is 0. The first-order valence-corrected chi connectivity index (χ1v) is 9.33. The fourth-order valence-corrected chi connectivity index (χ4v) is 4.09. The minimum absolute atomic E-state index is 0.149. The van der Waals surface area contributed by atoms with Crippen molar-refractivity contribution in [2.75, 3.05) is 0 Å². The summed E-state index contributed by atoms with van der Waals surface area (Å²) in [4.78, 5) is 18.1. The Bertz CT molecular complexity index is 818. The van der Waals surface area contributed by atoms with Gasteiger partial charge in [-0.05, 0) is 50.5 Å². The van der Waals surface area contributed by atoms with Gasteiger partial charge in [0.05, 0.1) is 0 Å². The number of fused-ring (bicyclic) bond motifs is 1. The summed E-state index contributed by atoms with van der Waals surface area (Å²) in [5.74, 6) is 0.149. The summed E-state index contributed by atoms with van der Waals surface area (Å²) in [5.41, 5.74) is 2.46. The van der Waals surface area contributed by atoms with Gasteiger partial charge < -0.3 is 10.3 Å². The molecule has 0 radical (unpaired) electrons. The molecule has 3 nitrogen and oxygen atoms in total. The molecule has 1 unspecified atom stereocenters. The van der Waals surface area contributed by atoms with E-state index < -0.39 is 0 Å². The highest BCUT2D eigenvalue weighted by Gasteiger charge is 2.10. The lowest BCUT2D eigenvalue weighted by Crippen LogP contribution is -2.33. The maximum absolute atomic E-state index is 12.1. The van der Waals surface area contributed by atoms with E-state index in [0.29, 0.717) is 6.42 Å². The Morgan fingerprint density at radius 1 is 1.25 bits per heavy atom. The fourth-order valence-electron chi connectivity index (χ4n) is 3.07. The number of carbonyl (C=O) groups excluding carboxylic acids is 1. The number of hydrogen-bond donors (Lipinski definition) is 2. The third-order valence-electron chi connectivity index (χ3n) is 4.24. The largest absolute Gasteiger partial charge is 0.361 e. The number of hydrogen-bond acceptors (Lipinski definition) is 2. The number of benzene rings is 1. The van der Waals surface area contributed by atoms with Crippen molar-refractivity contribution in [2.45, 2.75) is 45.6 Å². The Morgan fingerprint density at radius 3 is 2.88 bits per heavy atom. The van der Waals surface area contributed by atoms with Gasteiger partial charge >= 0.3 is 0 Å². The molecule has 2 aromatic heterocycles. The first-order chi connectivity index (χ1) is 11.6. The van der Waals surface area contributed by atoms with Gasteiger partial charge in [-0.2, -0.15) is 0 Å². The zero-order chi connectivity index (χ0) is 16.9. The third-order valence-corrected chi connectivity index (χ3v) is 5.26. The van der Waals surface area contributed by atoms with Crippen LogP contribution in [-0.4, -0.2) is 16.9 Å². The predicted molar refractivity (Wildman–Crippen MR) is 102 cm³/mol. The van der Waals surface area contributed by atoms with E-state index in [1.54, 1.807) is 11.3 Å². The summed E-state index contributed by atoms with van der Waals surface area (Å²) in [7, 11) is 0. The molecule has 0 aliphatic heterocycles. The quantitative estimate of drug-likeness (QED) is 0.648. The summed E-state index contributed by atoms with van der Waals surface area (Å²) in [6.45, 7) is 4.19. The van der Waals surface area contributed by atoms with Gasteiger partial charge in [0, 0.05) is 45.7 Å². The highest BCUT2D eigenvalue weighted by Crippen LogP contribution is 2.19. The number of thiophene rings is 1. The van der Waals surface area contributed by atoms with Crippen LogP contribution in [0.3, 0.4) is 0 Å². The standard InChI is InChI=1S/C20H24N2OS/c1-14(12-17-11-10-15(2)24-17)22-20(23)9-5-6-16-13-21-19-8-4-3-7-18(16)19/h3-4,7-8,10-11,13-14,21H,5-6,9,12H2,1-2H3,(H,22,23). The van der Waals surface area contributed by atoms with Crippen LogP contribution in [0.15, 0.2) is 42.6 Å². The van der Waals surface area contributed by atoms with E-state index in [-0.39, 0.29) is 11.9 Å². The summed E-state index contributed by atoms with van der Waals surface area (Å²) >= 11 is 1.81. The van der Waals surface area contributed by atoms with E-state index >= 15 is 0 Å². The lowest BCUT2D eigenvalue weighted by atomic mass is 10.1. The maximum Gasteiger partial charge on any atom is 0.220 e. The SMILES string of the molecule is Cc1ccc(CC(C)NC(=O)CCCc2c[nH]c3ccccc23)s1. The normalized spacial score (nSPS) is 12.4. The molecule has 24 heavy (non-hydrogen) atoms. The van der Waals surface area contributed by atoms with Crippen LogP contribution in [0, 0.1) is 6.92 Å². The van der Waals surface area contributed by atoms with E-state index in [0.717, 1.165) is 24.8 Å². The minimum atomic E-state index is 0.149. The van der Waals surface area contributed by atoms with Gasteiger partial charge in [0.15, 0.2) is 0 Å². The number of rotatable bonds is 7. The summed E-state index contributed by atoms with van der Waals surface area (Å²) in [6.07, 6.45) is 5.35. The average molecular weight is 340 g/mol. The number of aromatic amines is 1. The van der Waals surface area contributed by atoms with Crippen LogP contribution in [0.4, 0.5) is 0 Å². The number of aromatic nitrogens is 1. The van der Waals surface area contributed by atoms with E-state index in [1.807, 2.05) is 6.07 Å². The predicted octanol–water partition coefficient (Wildman–Crippen LogP) is 4.61. The Kier molecular flexibility index (Phi) is 5.36. The number of carbonyl (C=O) groups is 1. The molecule has 4 heteroatoms. The van der Waals surface area contributed by atoms with Gasteiger partial charge in [0.25, 0.3) is 0 Å². The fraction of sp³-hybridized carbons (Fsp3) is 0.350. The Hall–Kier alpha value is -2.07. The van der Waals surface area contributed by atoms with Gasteiger partial charge in [-0.1, -0.05) is 18.2 Å². The molecule has 3 rings (SSSR count). The number of para-hydroxylation sites is 1. The number of H-pyrrole nitrogens is 1. The van der Waals surface area contributed by atoms with Crippen LogP contribution in [0.25, 0.3) is 10.9 Å². The lowest BCUT2D eigenvalue weighted by molar-refractivity contribution is -0.121. The zero-order valence-electron chi connectivity index (χ0n) is 14.3. The van der Waals surface area contributed by atoms with Crippen molar-refractivity contribution in [3.8, 4) is 0 Å². The van der Waals surface area contributed by atoms with Gasteiger partial charge in [0.1, 0.15) is 0 Å². The van der Waals surface area contributed by atoms with Crippen molar-refractivity contribution in [3.63, 3.8) is 0 Å². The molecule has 1 atom stereocenters. The van der Waals surface area contributed by atoms with Crippen LogP contribution in [0.2, 0.25) is 0 Å². The molecule has 0 aliphatic rings. The highest BCUT2D eigenvalue weighted by molar-refractivity contribution is 7.11. The number of amides is 1. The molecule has 3 aromatic rings. The van der Waals surface area contributed by atoms with Crippen LogP contribution >= 0.6 is 11.3 Å². The van der Waals surface area contributed by atoms with Crippen LogP contribution < -0.4 is 5.32 Å². The number of nitrogens with one attached hydrogen (secondary N) is 2. The van der Waals surface area contributed by atoms with Crippen molar-refractivity contribution in [1.29, 1.82) is 0 Å². The topological polar surface area (TPSA) is 44.9 Å². The maximum atomic E-state index is 12.1. The molecule has 0 fully saturated rings. The second-order valence-corrected chi connectivity index (χ2v) is 7.77. The first-order valence-electron chi connectivity index (χ1n) is 8.51. The summed E-state index contributed by atoms with van der Waals surface area (Å²) in [6, 6.07) is 12.8. The molecule has 0 aliphatic carbocycles. The Labute approximate surface area is 147 Å².